The van der Waals surface area contributed by atoms with Crippen LogP contribution in [0.5, 0.6) is 0 Å². The summed E-state index contributed by atoms with van der Waals surface area (Å²) in [7, 11) is 0. The molecule has 3 aromatic rings. The summed E-state index contributed by atoms with van der Waals surface area (Å²) in [6.07, 6.45) is 0. The van der Waals surface area contributed by atoms with Crippen molar-refractivity contribution in [2.75, 3.05) is 0 Å². The average Bonchev–Trinajstić information content (AvgIpc) is 2.56. The van der Waals surface area contributed by atoms with Crippen LogP contribution in [0.15, 0.2) is 48.5 Å². The van der Waals surface area contributed by atoms with Crippen molar-refractivity contribution in [2.45, 2.75) is 40.5 Å². The number of rotatable bonds is 2. The smallest absolute Gasteiger partial charge is 0.132 e. The summed E-state index contributed by atoms with van der Waals surface area (Å²) >= 11 is 0. The minimum Gasteiger partial charge on any atom is -0.248 e. The molecular formula is C21H24FN. The van der Waals surface area contributed by atoms with E-state index >= 15 is 0 Å². The molecule has 0 unspecified atom stereocenters. The molecule has 0 N–H and O–H groups in total. The Kier molecular flexibility index (Phi) is 5.49. The van der Waals surface area contributed by atoms with Gasteiger partial charge in [0.25, 0.3) is 0 Å². The summed E-state index contributed by atoms with van der Waals surface area (Å²) in [5.74, 6) is 0.200. The Morgan fingerprint density at radius 2 is 1.70 bits per heavy atom. The fourth-order valence-corrected chi connectivity index (χ4v) is 2.66. The van der Waals surface area contributed by atoms with Crippen molar-refractivity contribution < 1.29 is 4.39 Å². The molecule has 23 heavy (non-hydrogen) atoms. The maximum Gasteiger partial charge on any atom is 0.132 e. The lowest BCUT2D eigenvalue weighted by molar-refractivity contribution is 0.639. The third kappa shape index (κ3) is 3.58. The molecule has 0 amide bonds. The van der Waals surface area contributed by atoms with Crippen molar-refractivity contribution in [1.29, 1.82) is 0 Å². The molecule has 0 bridgehead atoms. The maximum atomic E-state index is 13.8. The molecule has 3 rings (SSSR count). The number of hydrogen-bond acceptors (Lipinski definition) is 1. The van der Waals surface area contributed by atoms with Gasteiger partial charge in [0.2, 0.25) is 0 Å². The van der Waals surface area contributed by atoms with Gasteiger partial charge >= 0.3 is 0 Å². The largest absolute Gasteiger partial charge is 0.248 e. The number of pyridine rings is 1. The summed E-state index contributed by atoms with van der Waals surface area (Å²) in [4.78, 5) is 4.65. The van der Waals surface area contributed by atoms with Crippen LogP contribution in [0.4, 0.5) is 4.39 Å². The molecule has 1 aromatic heterocycles. The molecule has 0 aliphatic carbocycles. The first kappa shape index (κ1) is 17.1. The monoisotopic (exact) mass is 309 g/mol. The van der Waals surface area contributed by atoms with Crippen molar-refractivity contribution in [1.82, 2.24) is 4.98 Å². The third-order valence-corrected chi connectivity index (χ3v) is 3.79. The summed E-state index contributed by atoms with van der Waals surface area (Å²) in [6, 6.07) is 15.2. The Hall–Kier alpha value is -2.22. The predicted molar refractivity (Wildman–Crippen MR) is 97.3 cm³/mol. The zero-order chi connectivity index (χ0) is 17.0. The van der Waals surface area contributed by atoms with Crippen molar-refractivity contribution in [3.05, 3.63) is 65.5 Å². The Labute approximate surface area is 138 Å². The molecule has 0 radical (unpaired) electrons. The van der Waals surface area contributed by atoms with Gasteiger partial charge in [-0.05, 0) is 48.7 Å². The topological polar surface area (TPSA) is 12.9 Å². The van der Waals surface area contributed by atoms with Crippen LogP contribution < -0.4 is 0 Å². The van der Waals surface area contributed by atoms with Gasteiger partial charge < -0.3 is 0 Å². The van der Waals surface area contributed by atoms with Crippen LogP contribution in [0.1, 0.15) is 44.7 Å². The lowest BCUT2D eigenvalue weighted by atomic mass is 9.93. The molecular weight excluding hydrogens is 285 g/mol. The minimum absolute atomic E-state index is 0.222. The normalized spacial score (nSPS) is 10.6. The summed E-state index contributed by atoms with van der Waals surface area (Å²) in [6.45, 7) is 10.4. The quantitative estimate of drug-likeness (QED) is 0.526. The van der Waals surface area contributed by atoms with Gasteiger partial charge in [0.1, 0.15) is 5.82 Å². The SMILES string of the molecule is CC.Cc1ccc(C(C)C)c(-c2ccc3c(F)cccc3n2)c1. The zero-order valence-electron chi connectivity index (χ0n) is 14.5. The van der Waals surface area contributed by atoms with Crippen molar-refractivity contribution in [2.24, 2.45) is 0 Å². The Bertz CT molecular complexity index is 806. The first-order chi connectivity index (χ1) is 11.1. The minimum atomic E-state index is -0.222. The number of fused-ring (bicyclic) bond motifs is 1. The van der Waals surface area contributed by atoms with Gasteiger partial charge in [-0.25, -0.2) is 9.37 Å². The lowest BCUT2D eigenvalue weighted by Gasteiger charge is -2.14. The standard InChI is InChI=1S/C19H18FN.C2H6/c1-12(2)14-8-7-13(3)11-16(14)19-10-9-15-17(20)5-4-6-18(15)21-19;1-2/h4-12H,1-3H3;1-2H3. The van der Waals surface area contributed by atoms with Crippen LogP contribution >= 0.6 is 0 Å². The molecule has 0 spiro atoms. The molecule has 120 valence electrons. The Morgan fingerprint density at radius 1 is 0.957 bits per heavy atom. The van der Waals surface area contributed by atoms with E-state index in [4.69, 9.17) is 0 Å². The number of benzene rings is 2. The van der Waals surface area contributed by atoms with E-state index in [1.54, 1.807) is 6.07 Å². The predicted octanol–water partition coefficient (Wildman–Crippen LogP) is 6.50. The zero-order valence-corrected chi connectivity index (χ0v) is 14.5. The van der Waals surface area contributed by atoms with Crippen molar-refractivity contribution >= 4 is 10.9 Å². The second-order valence-corrected chi connectivity index (χ2v) is 5.75. The van der Waals surface area contributed by atoms with E-state index in [1.807, 2.05) is 32.0 Å². The number of nitrogens with zero attached hydrogens (tertiary/aromatic N) is 1. The fourth-order valence-electron chi connectivity index (χ4n) is 2.66. The van der Waals surface area contributed by atoms with E-state index in [-0.39, 0.29) is 5.82 Å². The highest BCUT2D eigenvalue weighted by Crippen LogP contribution is 2.30. The van der Waals surface area contributed by atoms with Gasteiger partial charge in [-0.2, -0.15) is 0 Å². The number of halogens is 1. The van der Waals surface area contributed by atoms with Gasteiger partial charge in [-0.3, -0.25) is 0 Å². The van der Waals surface area contributed by atoms with Crippen LogP contribution in [0.25, 0.3) is 22.2 Å². The molecule has 2 heteroatoms. The average molecular weight is 309 g/mol. The van der Waals surface area contributed by atoms with Gasteiger partial charge in [0, 0.05) is 10.9 Å². The van der Waals surface area contributed by atoms with Crippen LogP contribution in [0.3, 0.4) is 0 Å². The number of aryl methyl sites for hydroxylation is 1. The van der Waals surface area contributed by atoms with Gasteiger partial charge in [-0.15, -0.1) is 0 Å². The van der Waals surface area contributed by atoms with Crippen LogP contribution in [0, 0.1) is 12.7 Å². The number of aromatic nitrogens is 1. The first-order valence-corrected chi connectivity index (χ1v) is 8.22. The van der Waals surface area contributed by atoms with E-state index in [1.165, 1.54) is 17.2 Å². The summed E-state index contributed by atoms with van der Waals surface area (Å²) in [5, 5.41) is 0.569. The molecule has 0 aliphatic heterocycles. The first-order valence-electron chi connectivity index (χ1n) is 8.22. The van der Waals surface area contributed by atoms with Crippen molar-refractivity contribution in [3.63, 3.8) is 0 Å². The Morgan fingerprint density at radius 3 is 2.39 bits per heavy atom. The van der Waals surface area contributed by atoms with Gasteiger partial charge in [-0.1, -0.05) is 51.5 Å². The molecule has 1 heterocycles. The van der Waals surface area contributed by atoms with E-state index in [0.29, 0.717) is 16.8 Å². The highest BCUT2D eigenvalue weighted by atomic mass is 19.1. The van der Waals surface area contributed by atoms with E-state index in [0.717, 1.165) is 11.3 Å². The molecule has 0 atom stereocenters. The molecule has 0 fully saturated rings. The molecule has 2 aromatic carbocycles. The Balaban J connectivity index is 0.000000924. The van der Waals surface area contributed by atoms with E-state index < -0.39 is 0 Å². The maximum absolute atomic E-state index is 13.8. The lowest BCUT2D eigenvalue weighted by Crippen LogP contribution is -1.95. The van der Waals surface area contributed by atoms with Gasteiger partial charge in [0.05, 0.1) is 11.2 Å². The van der Waals surface area contributed by atoms with Crippen LogP contribution in [0.2, 0.25) is 0 Å². The third-order valence-electron chi connectivity index (χ3n) is 3.79. The molecule has 0 saturated heterocycles. The van der Waals surface area contributed by atoms with Crippen LogP contribution in [-0.2, 0) is 0 Å². The van der Waals surface area contributed by atoms with Crippen LogP contribution in [-0.4, -0.2) is 4.98 Å². The fraction of sp³-hybridized carbons (Fsp3) is 0.286. The molecule has 0 saturated carbocycles. The van der Waals surface area contributed by atoms with Crippen molar-refractivity contribution in [3.8, 4) is 11.3 Å². The highest BCUT2D eigenvalue weighted by Gasteiger charge is 2.11. The van der Waals surface area contributed by atoms with E-state index in [2.05, 4.69) is 44.0 Å². The number of hydrogen-bond donors (Lipinski definition) is 0. The highest BCUT2D eigenvalue weighted by molar-refractivity contribution is 5.82. The van der Waals surface area contributed by atoms with E-state index in [9.17, 15) is 4.39 Å². The summed E-state index contributed by atoms with van der Waals surface area (Å²) < 4.78 is 13.8. The summed E-state index contributed by atoms with van der Waals surface area (Å²) in [5.41, 5.74) is 5.21. The molecule has 1 nitrogen and oxygen atoms in total. The second-order valence-electron chi connectivity index (χ2n) is 5.75. The molecule has 0 aliphatic rings. The van der Waals surface area contributed by atoms with Gasteiger partial charge in [0.15, 0.2) is 0 Å². The second kappa shape index (κ2) is 7.36.